The molecular weight excluding hydrogens is 194 g/mol. The minimum atomic E-state index is -1.20. The molecule has 0 radical (unpaired) electrons. The summed E-state index contributed by atoms with van der Waals surface area (Å²) < 4.78 is 26.3. The van der Waals surface area contributed by atoms with Crippen molar-refractivity contribution in [3.8, 4) is 0 Å². The van der Waals surface area contributed by atoms with Crippen molar-refractivity contribution in [3.63, 3.8) is 0 Å². The zero-order valence-corrected chi connectivity index (χ0v) is 7.33. The number of rotatable bonds is 2. The average Bonchev–Trinajstić information content (AvgIpc) is 2.02. The maximum absolute atomic E-state index is 13.3. The van der Waals surface area contributed by atoms with Gasteiger partial charge in [-0.1, -0.05) is 0 Å². The van der Waals surface area contributed by atoms with E-state index in [4.69, 9.17) is 5.73 Å². The first-order valence-electron chi connectivity index (χ1n) is 3.83. The minimum absolute atomic E-state index is 0.459. The van der Waals surface area contributed by atoms with E-state index in [1.165, 1.54) is 6.92 Å². The molecule has 0 heterocycles. The predicted octanol–water partition coefficient (Wildman–Crippen LogP) is 1.89. The van der Waals surface area contributed by atoms with E-state index >= 15 is 0 Å². The Morgan fingerprint density at radius 2 is 2.07 bits per heavy atom. The number of nitro benzene ring substituents is 1. The molecule has 0 bridgehead atoms. The van der Waals surface area contributed by atoms with Crippen molar-refractivity contribution in [2.24, 2.45) is 5.73 Å². The van der Waals surface area contributed by atoms with E-state index in [0.717, 1.165) is 12.1 Å². The molecule has 0 saturated carbocycles. The van der Waals surface area contributed by atoms with Gasteiger partial charge in [0.25, 0.3) is 0 Å². The molecule has 0 unspecified atom stereocenters. The number of hydrogen-bond donors (Lipinski definition) is 1. The Morgan fingerprint density at radius 1 is 1.50 bits per heavy atom. The third-order valence-electron chi connectivity index (χ3n) is 1.76. The average molecular weight is 202 g/mol. The Hall–Kier alpha value is -1.56. The van der Waals surface area contributed by atoms with Gasteiger partial charge in [-0.2, -0.15) is 4.39 Å². The number of benzene rings is 1. The van der Waals surface area contributed by atoms with E-state index in [-0.39, 0.29) is 0 Å². The second-order valence-corrected chi connectivity index (χ2v) is 2.84. The van der Waals surface area contributed by atoms with Gasteiger partial charge in [0, 0.05) is 17.7 Å². The van der Waals surface area contributed by atoms with Crippen LogP contribution in [-0.4, -0.2) is 4.92 Å². The third kappa shape index (κ3) is 1.69. The maximum atomic E-state index is 13.3. The molecule has 1 rings (SSSR count). The van der Waals surface area contributed by atoms with Gasteiger partial charge < -0.3 is 5.73 Å². The van der Waals surface area contributed by atoms with Crippen molar-refractivity contribution in [2.45, 2.75) is 13.0 Å². The topological polar surface area (TPSA) is 69.2 Å². The fraction of sp³-hybridized carbons (Fsp3) is 0.250. The van der Waals surface area contributed by atoms with Crippen molar-refractivity contribution in [3.05, 3.63) is 39.4 Å². The van der Waals surface area contributed by atoms with Gasteiger partial charge in [-0.3, -0.25) is 10.1 Å². The Labute approximate surface area is 78.5 Å². The van der Waals surface area contributed by atoms with Crippen LogP contribution in [0.25, 0.3) is 0 Å². The molecule has 0 aromatic heterocycles. The SMILES string of the molecule is C[C@H](N)c1c(F)ccc([N+](=O)[O-])c1F. The predicted molar refractivity (Wildman–Crippen MR) is 45.6 cm³/mol. The van der Waals surface area contributed by atoms with Gasteiger partial charge in [0.1, 0.15) is 5.82 Å². The van der Waals surface area contributed by atoms with Crippen LogP contribution in [0.4, 0.5) is 14.5 Å². The largest absolute Gasteiger partial charge is 0.324 e. The molecule has 0 fully saturated rings. The Morgan fingerprint density at radius 3 is 2.50 bits per heavy atom. The summed E-state index contributed by atoms with van der Waals surface area (Å²) in [6.45, 7) is 1.35. The zero-order valence-electron chi connectivity index (χ0n) is 7.33. The highest BCUT2D eigenvalue weighted by molar-refractivity contribution is 5.38. The maximum Gasteiger partial charge on any atom is 0.305 e. The quantitative estimate of drug-likeness (QED) is 0.588. The first kappa shape index (κ1) is 10.5. The van der Waals surface area contributed by atoms with Gasteiger partial charge in [-0.25, -0.2) is 4.39 Å². The van der Waals surface area contributed by atoms with Crippen molar-refractivity contribution in [1.82, 2.24) is 0 Å². The molecule has 0 saturated heterocycles. The highest BCUT2D eigenvalue weighted by Gasteiger charge is 2.23. The molecule has 4 nitrogen and oxygen atoms in total. The lowest BCUT2D eigenvalue weighted by Crippen LogP contribution is -2.11. The Kier molecular flexibility index (Phi) is 2.76. The summed E-state index contributed by atoms with van der Waals surface area (Å²) in [7, 11) is 0. The molecule has 0 aliphatic heterocycles. The minimum Gasteiger partial charge on any atom is -0.324 e. The molecule has 0 amide bonds. The summed E-state index contributed by atoms with van der Waals surface area (Å²) in [4.78, 5) is 9.39. The smallest absolute Gasteiger partial charge is 0.305 e. The van der Waals surface area contributed by atoms with Crippen molar-refractivity contribution in [2.75, 3.05) is 0 Å². The monoisotopic (exact) mass is 202 g/mol. The van der Waals surface area contributed by atoms with E-state index in [2.05, 4.69) is 0 Å². The van der Waals surface area contributed by atoms with Crippen LogP contribution < -0.4 is 5.73 Å². The van der Waals surface area contributed by atoms with Crippen LogP contribution in [0.1, 0.15) is 18.5 Å². The van der Waals surface area contributed by atoms with Gasteiger partial charge >= 0.3 is 5.69 Å². The van der Waals surface area contributed by atoms with E-state index in [9.17, 15) is 18.9 Å². The van der Waals surface area contributed by atoms with E-state index in [0.29, 0.717) is 0 Å². The van der Waals surface area contributed by atoms with E-state index < -0.39 is 33.9 Å². The number of nitrogens with two attached hydrogens (primary N) is 1. The molecule has 76 valence electrons. The highest BCUT2D eigenvalue weighted by Crippen LogP contribution is 2.26. The number of hydrogen-bond acceptors (Lipinski definition) is 3. The molecule has 0 aliphatic carbocycles. The van der Waals surface area contributed by atoms with Crippen LogP contribution in [0.2, 0.25) is 0 Å². The standard InChI is InChI=1S/C8H8F2N2O2/c1-4(11)7-5(9)2-3-6(8(7)10)12(13)14/h2-4H,11H2,1H3/t4-/m0/s1. The summed E-state index contributed by atoms with van der Waals surface area (Å²) in [6, 6.07) is 0.686. The number of nitro groups is 1. The summed E-state index contributed by atoms with van der Waals surface area (Å²) in [6.07, 6.45) is 0. The first-order chi connectivity index (χ1) is 6.45. The van der Waals surface area contributed by atoms with Crippen LogP contribution >= 0.6 is 0 Å². The summed E-state index contributed by atoms with van der Waals surface area (Å²) in [5.41, 5.74) is 4.06. The van der Waals surface area contributed by atoms with Crippen molar-refractivity contribution in [1.29, 1.82) is 0 Å². The lowest BCUT2D eigenvalue weighted by Gasteiger charge is -2.07. The van der Waals surface area contributed by atoms with Gasteiger partial charge in [0.15, 0.2) is 0 Å². The fourth-order valence-corrected chi connectivity index (χ4v) is 1.12. The Bertz CT molecular complexity index is 380. The zero-order chi connectivity index (χ0) is 10.9. The van der Waals surface area contributed by atoms with Gasteiger partial charge in [0.05, 0.1) is 4.92 Å². The second kappa shape index (κ2) is 3.67. The molecule has 2 N–H and O–H groups in total. The van der Waals surface area contributed by atoms with Gasteiger partial charge in [-0.05, 0) is 13.0 Å². The van der Waals surface area contributed by atoms with Crippen LogP contribution in [0.3, 0.4) is 0 Å². The first-order valence-corrected chi connectivity index (χ1v) is 3.83. The lowest BCUT2D eigenvalue weighted by molar-refractivity contribution is -0.387. The highest BCUT2D eigenvalue weighted by atomic mass is 19.1. The van der Waals surface area contributed by atoms with Crippen LogP contribution in [0, 0.1) is 21.7 Å². The van der Waals surface area contributed by atoms with Crippen molar-refractivity contribution >= 4 is 5.69 Å². The molecule has 1 aromatic rings. The van der Waals surface area contributed by atoms with Crippen LogP contribution in [0.5, 0.6) is 0 Å². The fourth-order valence-electron chi connectivity index (χ4n) is 1.12. The number of halogens is 2. The molecule has 0 spiro atoms. The molecular formula is C8H8F2N2O2. The molecule has 0 aliphatic rings. The Balaban J connectivity index is 3.41. The summed E-state index contributed by atoms with van der Waals surface area (Å²) >= 11 is 0. The van der Waals surface area contributed by atoms with E-state index in [1.807, 2.05) is 0 Å². The number of nitrogens with zero attached hydrogens (tertiary/aromatic N) is 1. The van der Waals surface area contributed by atoms with E-state index in [1.54, 1.807) is 0 Å². The summed E-state index contributed by atoms with van der Waals surface area (Å²) in [5.74, 6) is -2.08. The van der Waals surface area contributed by atoms with Crippen molar-refractivity contribution < 1.29 is 13.7 Å². The second-order valence-electron chi connectivity index (χ2n) is 2.84. The molecule has 1 aromatic carbocycles. The van der Waals surface area contributed by atoms with Crippen LogP contribution in [0.15, 0.2) is 12.1 Å². The molecule has 1 atom stereocenters. The summed E-state index contributed by atoms with van der Waals surface area (Å²) in [5, 5.41) is 10.3. The van der Waals surface area contributed by atoms with Crippen LogP contribution in [-0.2, 0) is 0 Å². The van der Waals surface area contributed by atoms with Gasteiger partial charge in [0.2, 0.25) is 5.82 Å². The third-order valence-corrected chi connectivity index (χ3v) is 1.76. The normalized spacial score (nSPS) is 12.6. The molecule has 6 heteroatoms. The lowest BCUT2D eigenvalue weighted by atomic mass is 10.1. The molecule has 14 heavy (non-hydrogen) atoms. The van der Waals surface area contributed by atoms with Gasteiger partial charge in [-0.15, -0.1) is 0 Å².